The van der Waals surface area contributed by atoms with Crippen molar-refractivity contribution in [3.8, 4) is 11.5 Å². The molecule has 1 heterocycles. The normalized spacial score (nSPS) is 17.2. The fourth-order valence-electron chi connectivity index (χ4n) is 4.99. The molecule has 1 amide bonds. The predicted octanol–water partition coefficient (Wildman–Crippen LogP) is 7.38. The van der Waals surface area contributed by atoms with Crippen LogP contribution in [0.1, 0.15) is 42.0 Å². The number of nitrogens with zero attached hydrogens (tertiary/aromatic N) is 1. The molecule has 1 fully saturated rings. The zero-order chi connectivity index (χ0) is 28.3. The van der Waals surface area contributed by atoms with Crippen LogP contribution in [-0.2, 0) is 11.2 Å². The summed E-state index contributed by atoms with van der Waals surface area (Å²) in [5.41, 5.74) is 2.69. The number of carbonyl (C=O) groups is 2. The Morgan fingerprint density at radius 3 is 2.21 bits per heavy atom. The maximum atomic E-state index is 13.2. The second-order valence-corrected chi connectivity index (χ2v) is 11.9. The second kappa shape index (κ2) is 11.9. The Balaban J connectivity index is 1.61. The molecule has 3 aromatic rings. The van der Waals surface area contributed by atoms with E-state index in [-0.39, 0.29) is 17.9 Å². The number of likely N-dealkylation sites (tertiary alicyclic amines) is 1. The molecule has 206 valence electrons. The number of amides is 1. The third kappa shape index (κ3) is 6.89. The molecular weight excluding hydrogens is 534 g/mol. The number of thioether (sulfide) groups is 1. The van der Waals surface area contributed by atoms with Crippen LogP contribution < -0.4 is 9.47 Å². The molecule has 1 N–H and O–H groups in total. The molecule has 0 bridgehead atoms. The molecule has 0 aromatic heterocycles. The highest BCUT2D eigenvalue weighted by Gasteiger charge is 2.38. The number of carboxylic acid groups (broad SMARTS) is 1. The number of aliphatic carboxylic acids is 1. The van der Waals surface area contributed by atoms with Gasteiger partial charge in [-0.25, -0.2) is 9.59 Å². The van der Waals surface area contributed by atoms with Crippen molar-refractivity contribution >= 4 is 35.4 Å². The van der Waals surface area contributed by atoms with Gasteiger partial charge in [-0.15, -0.1) is 11.8 Å². The summed E-state index contributed by atoms with van der Waals surface area (Å²) in [5, 5.41) is 10.1. The van der Waals surface area contributed by atoms with E-state index in [0.717, 1.165) is 23.1 Å². The number of hydrogen-bond acceptors (Lipinski definition) is 5. The minimum atomic E-state index is -1.35. The summed E-state index contributed by atoms with van der Waals surface area (Å²) in [6.07, 6.45) is 2.48. The molecule has 1 aliphatic rings. The first-order valence-electron chi connectivity index (χ1n) is 12.9. The molecule has 2 atom stereocenters. The van der Waals surface area contributed by atoms with E-state index >= 15 is 0 Å². The van der Waals surface area contributed by atoms with Gasteiger partial charge in [-0.2, -0.15) is 0 Å². The van der Waals surface area contributed by atoms with Gasteiger partial charge in [0.25, 0.3) is 0 Å². The van der Waals surface area contributed by atoms with Crippen molar-refractivity contribution in [3.63, 3.8) is 0 Å². The van der Waals surface area contributed by atoms with E-state index in [2.05, 4.69) is 42.7 Å². The predicted molar refractivity (Wildman–Crippen MR) is 155 cm³/mol. The summed E-state index contributed by atoms with van der Waals surface area (Å²) >= 11 is 7.68. The van der Waals surface area contributed by atoms with Crippen LogP contribution in [-0.4, -0.2) is 47.0 Å². The number of ether oxygens (including phenoxy) is 2. The zero-order valence-corrected chi connectivity index (χ0v) is 24.4. The molecule has 0 unspecified atom stereocenters. The summed E-state index contributed by atoms with van der Waals surface area (Å²) < 4.78 is 11.6. The van der Waals surface area contributed by atoms with E-state index < -0.39 is 11.6 Å². The van der Waals surface area contributed by atoms with Crippen molar-refractivity contribution in [2.75, 3.05) is 19.3 Å². The molecule has 3 aromatic carbocycles. The van der Waals surface area contributed by atoms with Gasteiger partial charge < -0.3 is 19.5 Å². The molecule has 1 aliphatic heterocycles. The first-order chi connectivity index (χ1) is 18.5. The number of carboxylic acids is 1. The first kappa shape index (κ1) is 28.8. The molecule has 0 saturated carbocycles. The van der Waals surface area contributed by atoms with Crippen molar-refractivity contribution < 1.29 is 24.2 Å². The standard InChI is InChI=1S/C31H34ClNO5S/c1-19-14-22(15-20(2)28(19)38-31(3,4)29(34)35)27-18-33(30(36)37-25-10-8-24(32)9-11-25)17-23(27)16-21-6-12-26(39-5)13-7-21/h6-15,23,27H,16-18H2,1-5H3,(H,34,35)/t23-,27+/m0/s1. The Morgan fingerprint density at radius 1 is 1.03 bits per heavy atom. The molecule has 39 heavy (non-hydrogen) atoms. The number of hydrogen-bond donors (Lipinski definition) is 1. The third-order valence-corrected chi connectivity index (χ3v) is 8.15. The van der Waals surface area contributed by atoms with E-state index in [1.165, 1.54) is 10.5 Å². The van der Waals surface area contributed by atoms with Crippen molar-refractivity contribution in [2.45, 2.75) is 50.5 Å². The average molecular weight is 568 g/mol. The Bertz CT molecular complexity index is 1320. The SMILES string of the molecule is CSc1ccc(C[C@H]2CN(C(=O)Oc3ccc(Cl)cc3)C[C@@H]2c2cc(C)c(OC(C)(C)C(=O)O)c(C)c2)cc1. The molecule has 0 spiro atoms. The maximum absolute atomic E-state index is 13.2. The molecular formula is C31H34ClNO5S. The van der Waals surface area contributed by atoms with E-state index in [9.17, 15) is 14.7 Å². The molecule has 4 rings (SSSR count). The second-order valence-electron chi connectivity index (χ2n) is 10.5. The van der Waals surface area contributed by atoms with E-state index in [1.54, 1.807) is 54.8 Å². The number of benzene rings is 3. The van der Waals surface area contributed by atoms with E-state index in [0.29, 0.717) is 29.6 Å². The van der Waals surface area contributed by atoms with Crippen LogP contribution in [0.3, 0.4) is 0 Å². The van der Waals surface area contributed by atoms with Crippen molar-refractivity contribution in [1.82, 2.24) is 4.90 Å². The first-order valence-corrected chi connectivity index (χ1v) is 14.5. The van der Waals surface area contributed by atoms with Crippen LogP contribution in [0.15, 0.2) is 65.6 Å². The average Bonchev–Trinajstić information content (AvgIpc) is 3.32. The molecule has 1 saturated heterocycles. The highest BCUT2D eigenvalue weighted by atomic mass is 35.5. The monoisotopic (exact) mass is 567 g/mol. The van der Waals surface area contributed by atoms with Gasteiger partial charge in [0, 0.05) is 28.9 Å². The van der Waals surface area contributed by atoms with Gasteiger partial charge in [-0.05, 0) is 105 Å². The third-order valence-electron chi connectivity index (χ3n) is 7.16. The van der Waals surface area contributed by atoms with Crippen LogP contribution in [0.2, 0.25) is 5.02 Å². The van der Waals surface area contributed by atoms with Crippen LogP contribution in [0, 0.1) is 19.8 Å². The molecule has 0 radical (unpaired) electrons. The lowest BCUT2D eigenvalue weighted by molar-refractivity contribution is -0.152. The molecule has 0 aliphatic carbocycles. The van der Waals surface area contributed by atoms with Gasteiger partial charge in [-0.1, -0.05) is 35.9 Å². The Hall–Kier alpha value is -3.16. The van der Waals surface area contributed by atoms with E-state index in [1.807, 2.05) is 13.8 Å². The lowest BCUT2D eigenvalue weighted by Crippen LogP contribution is -2.38. The lowest BCUT2D eigenvalue weighted by atomic mass is 9.83. The molecule has 8 heteroatoms. The zero-order valence-electron chi connectivity index (χ0n) is 22.9. The maximum Gasteiger partial charge on any atom is 0.415 e. The number of rotatable bonds is 8. The fourth-order valence-corrected chi connectivity index (χ4v) is 5.53. The van der Waals surface area contributed by atoms with Gasteiger partial charge in [0.2, 0.25) is 0 Å². The minimum Gasteiger partial charge on any atom is -0.478 e. The Kier molecular flexibility index (Phi) is 8.82. The quantitative estimate of drug-likeness (QED) is 0.286. The van der Waals surface area contributed by atoms with Gasteiger partial charge >= 0.3 is 12.1 Å². The smallest absolute Gasteiger partial charge is 0.415 e. The topological polar surface area (TPSA) is 76.1 Å². The lowest BCUT2D eigenvalue weighted by Gasteiger charge is -2.26. The summed E-state index contributed by atoms with van der Waals surface area (Å²) in [6.45, 7) is 8.02. The number of carbonyl (C=O) groups excluding carboxylic acids is 1. The van der Waals surface area contributed by atoms with Crippen molar-refractivity contribution in [1.29, 1.82) is 0 Å². The Morgan fingerprint density at radius 2 is 1.64 bits per heavy atom. The highest BCUT2D eigenvalue weighted by Crippen LogP contribution is 2.39. The molecule has 6 nitrogen and oxygen atoms in total. The minimum absolute atomic E-state index is 0.0712. The van der Waals surface area contributed by atoms with Crippen LogP contribution in [0.5, 0.6) is 11.5 Å². The largest absolute Gasteiger partial charge is 0.478 e. The van der Waals surface area contributed by atoms with Gasteiger partial charge in [0.1, 0.15) is 11.5 Å². The van der Waals surface area contributed by atoms with Crippen LogP contribution in [0.4, 0.5) is 4.79 Å². The summed E-state index contributed by atoms with van der Waals surface area (Å²) in [5.74, 6) is 0.244. The van der Waals surface area contributed by atoms with Gasteiger partial charge in [0.05, 0.1) is 0 Å². The number of aryl methyl sites for hydroxylation is 2. The Labute approximate surface area is 239 Å². The summed E-state index contributed by atoms with van der Waals surface area (Å²) in [7, 11) is 0. The van der Waals surface area contributed by atoms with Gasteiger partial charge in [-0.3, -0.25) is 0 Å². The van der Waals surface area contributed by atoms with Crippen LogP contribution in [0.25, 0.3) is 0 Å². The van der Waals surface area contributed by atoms with Gasteiger partial charge in [0.15, 0.2) is 5.60 Å². The van der Waals surface area contributed by atoms with Crippen LogP contribution >= 0.6 is 23.4 Å². The van der Waals surface area contributed by atoms with Crippen molar-refractivity contribution in [3.05, 3.63) is 87.9 Å². The van der Waals surface area contributed by atoms with E-state index in [4.69, 9.17) is 21.1 Å². The highest BCUT2D eigenvalue weighted by molar-refractivity contribution is 7.98. The van der Waals surface area contributed by atoms with Crippen molar-refractivity contribution in [2.24, 2.45) is 5.92 Å². The number of halogens is 1. The summed E-state index contributed by atoms with van der Waals surface area (Å²) in [6, 6.07) is 19.4. The fraction of sp³-hybridized carbons (Fsp3) is 0.355. The summed E-state index contributed by atoms with van der Waals surface area (Å²) in [4.78, 5) is 27.8.